The minimum Gasteiger partial charge on any atom is -0.338 e. The van der Waals surface area contributed by atoms with Crippen LogP contribution in [0.3, 0.4) is 0 Å². The van der Waals surface area contributed by atoms with Crippen molar-refractivity contribution in [3.05, 3.63) is 61.2 Å². The molecule has 2 aromatic heterocycles. The molecule has 0 radical (unpaired) electrons. The van der Waals surface area contributed by atoms with Crippen molar-refractivity contribution in [2.45, 2.75) is 0 Å². The number of hydrazone groups is 1. The molecule has 8 heteroatoms. The molecule has 8 nitrogen and oxygen atoms in total. The first kappa shape index (κ1) is 17.4. The lowest BCUT2D eigenvalue weighted by atomic mass is 10.2. The Hall–Kier alpha value is -3.00. The Morgan fingerprint density at radius 2 is 1.85 bits per heavy atom. The van der Waals surface area contributed by atoms with Crippen LogP contribution in [0.15, 0.2) is 60.7 Å². The second-order valence-electron chi connectivity index (χ2n) is 6.62. The molecule has 0 atom stereocenters. The monoisotopic (exact) mass is 364 g/mol. The molecule has 2 aliphatic heterocycles. The fourth-order valence-electron chi connectivity index (χ4n) is 3.38. The first-order valence-corrected chi connectivity index (χ1v) is 9.17. The number of anilines is 1. The van der Waals surface area contributed by atoms with Gasteiger partial charge in [-0.3, -0.25) is 14.9 Å². The summed E-state index contributed by atoms with van der Waals surface area (Å²) >= 11 is 0. The average Bonchev–Trinajstić information content (AvgIpc) is 3.12. The highest BCUT2D eigenvalue weighted by Gasteiger charge is 2.26. The molecule has 2 aromatic rings. The number of pyridine rings is 1. The highest BCUT2D eigenvalue weighted by molar-refractivity contribution is 5.99. The van der Waals surface area contributed by atoms with E-state index in [1.54, 1.807) is 18.6 Å². The van der Waals surface area contributed by atoms with Crippen molar-refractivity contribution in [1.82, 2.24) is 29.8 Å². The molecule has 0 N–H and O–H groups in total. The summed E-state index contributed by atoms with van der Waals surface area (Å²) in [6.45, 7) is 9.99. The van der Waals surface area contributed by atoms with E-state index in [-0.39, 0.29) is 0 Å². The molecule has 0 aliphatic carbocycles. The Labute approximate surface area is 159 Å². The van der Waals surface area contributed by atoms with Gasteiger partial charge in [0.15, 0.2) is 5.84 Å². The topological polar surface area (TPSA) is 64.0 Å². The van der Waals surface area contributed by atoms with Gasteiger partial charge in [0.25, 0.3) is 0 Å². The first-order chi connectivity index (χ1) is 13.3. The van der Waals surface area contributed by atoms with E-state index in [1.165, 1.54) is 0 Å². The maximum atomic E-state index is 4.84. The molecular formula is C19H24N8. The van der Waals surface area contributed by atoms with Gasteiger partial charge in [-0.25, -0.2) is 9.97 Å². The summed E-state index contributed by atoms with van der Waals surface area (Å²) in [6, 6.07) is 5.83. The maximum absolute atomic E-state index is 4.84. The van der Waals surface area contributed by atoms with Crippen LogP contribution < -0.4 is 4.90 Å². The molecular weight excluding hydrogens is 340 g/mol. The zero-order valence-electron chi connectivity index (χ0n) is 15.4. The van der Waals surface area contributed by atoms with E-state index in [9.17, 15) is 0 Å². The Morgan fingerprint density at radius 1 is 1.04 bits per heavy atom. The van der Waals surface area contributed by atoms with Crippen LogP contribution in [-0.4, -0.2) is 81.7 Å². The molecule has 0 amide bonds. The zero-order valence-corrected chi connectivity index (χ0v) is 15.4. The third kappa shape index (κ3) is 4.06. The number of aromatic nitrogens is 3. The fraction of sp³-hybridized carbons (Fsp3) is 0.368. The molecule has 4 rings (SSSR count). The average molecular weight is 364 g/mol. The highest BCUT2D eigenvalue weighted by atomic mass is 15.6. The molecule has 0 unspecified atom stereocenters. The van der Waals surface area contributed by atoms with Crippen molar-refractivity contribution in [2.75, 3.05) is 51.0 Å². The lowest BCUT2D eigenvalue weighted by molar-refractivity contribution is 0.116. The van der Waals surface area contributed by atoms with Crippen molar-refractivity contribution in [3.8, 4) is 0 Å². The standard InChI is InChI=1S/C19H24N8/c1-2-9-26-16-27(23-18(26)17-5-3-6-20-14-17)15-24-10-12-25(13-11-24)19-21-7-4-8-22-19/h2-8,14H,1,9-13,15-16H2. The first-order valence-electron chi connectivity index (χ1n) is 9.17. The second-order valence-corrected chi connectivity index (χ2v) is 6.62. The van der Waals surface area contributed by atoms with Crippen LogP contribution in [0.2, 0.25) is 0 Å². The minimum absolute atomic E-state index is 0.762. The van der Waals surface area contributed by atoms with Crippen molar-refractivity contribution < 1.29 is 0 Å². The Morgan fingerprint density at radius 3 is 2.56 bits per heavy atom. The van der Waals surface area contributed by atoms with E-state index in [2.05, 4.69) is 41.2 Å². The Kier molecular flexibility index (Phi) is 5.24. The van der Waals surface area contributed by atoms with Crippen molar-refractivity contribution >= 4 is 11.8 Å². The van der Waals surface area contributed by atoms with E-state index >= 15 is 0 Å². The quantitative estimate of drug-likeness (QED) is 0.711. The number of hydrogen-bond donors (Lipinski definition) is 0. The molecule has 4 heterocycles. The summed E-state index contributed by atoms with van der Waals surface area (Å²) in [7, 11) is 0. The van der Waals surface area contributed by atoms with Gasteiger partial charge in [0, 0.05) is 63.1 Å². The largest absolute Gasteiger partial charge is 0.338 e. The lowest BCUT2D eigenvalue weighted by Crippen LogP contribution is -2.50. The molecule has 0 spiro atoms. The third-order valence-electron chi connectivity index (χ3n) is 4.71. The number of nitrogens with zero attached hydrogens (tertiary/aromatic N) is 8. The smallest absolute Gasteiger partial charge is 0.225 e. The van der Waals surface area contributed by atoms with Gasteiger partial charge in [-0.2, -0.15) is 5.10 Å². The summed E-state index contributed by atoms with van der Waals surface area (Å²) < 4.78 is 0. The van der Waals surface area contributed by atoms with Gasteiger partial charge in [0.2, 0.25) is 5.95 Å². The number of rotatable bonds is 6. The van der Waals surface area contributed by atoms with Gasteiger partial charge in [-0.1, -0.05) is 6.08 Å². The second kappa shape index (κ2) is 8.13. The van der Waals surface area contributed by atoms with Gasteiger partial charge in [0.1, 0.15) is 6.67 Å². The van der Waals surface area contributed by atoms with Crippen LogP contribution >= 0.6 is 0 Å². The molecule has 0 saturated carbocycles. The summed E-state index contributed by atoms with van der Waals surface area (Å²) in [6.07, 6.45) is 9.14. The van der Waals surface area contributed by atoms with Crippen molar-refractivity contribution in [3.63, 3.8) is 0 Å². The lowest BCUT2D eigenvalue weighted by Gasteiger charge is -2.36. The van der Waals surface area contributed by atoms with Crippen LogP contribution in [0.5, 0.6) is 0 Å². The van der Waals surface area contributed by atoms with Crippen LogP contribution in [0.4, 0.5) is 5.95 Å². The zero-order chi connectivity index (χ0) is 18.5. The fourth-order valence-corrected chi connectivity index (χ4v) is 3.38. The summed E-state index contributed by atoms with van der Waals surface area (Å²) in [5.74, 6) is 1.77. The van der Waals surface area contributed by atoms with Gasteiger partial charge < -0.3 is 9.80 Å². The molecule has 0 bridgehead atoms. The van der Waals surface area contributed by atoms with Crippen molar-refractivity contribution in [2.24, 2.45) is 5.10 Å². The van der Waals surface area contributed by atoms with Crippen LogP contribution in [0.1, 0.15) is 5.56 Å². The molecule has 2 aliphatic rings. The van der Waals surface area contributed by atoms with Crippen molar-refractivity contribution in [1.29, 1.82) is 0 Å². The van der Waals surface area contributed by atoms with E-state index in [1.807, 2.05) is 30.5 Å². The van der Waals surface area contributed by atoms with Crippen LogP contribution in [-0.2, 0) is 0 Å². The Bertz CT molecular complexity index is 771. The maximum Gasteiger partial charge on any atom is 0.225 e. The summed E-state index contributed by atoms with van der Waals surface area (Å²) in [5.41, 5.74) is 1.04. The van der Waals surface area contributed by atoms with E-state index in [0.717, 1.165) is 63.4 Å². The number of piperazine rings is 1. The van der Waals surface area contributed by atoms with Gasteiger partial charge in [0.05, 0.1) is 6.67 Å². The van der Waals surface area contributed by atoms with Crippen LogP contribution in [0.25, 0.3) is 0 Å². The molecule has 140 valence electrons. The minimum atomic E-state index is 0.762. The van der Waals surface area contributed by atoms with Gasteiger partial charge in [-0.05, 0) is 18.2 Å². The van der Waals surface area contributed by atoms with Crippen LogP contribution in [0, 0.1) is 0 Å². The van der Waals surface area contributed by atoms with Gasteiger partial charge in [-0.15, -0.1) is 6.58 Å². The highest BCUT2D eigenvalue weighted by Crippen LogP contribution is 2.16. The third-order valence-corrected chi connectivity index (χ3v) is 4.71. The Balaban J connectivity index is 1.37. The predicted molar refractivity (Wildman–Crippen MR) is 105 cm³/mol. The van der Waals surface area contributed by atoms with E-state index in [4.69, 9.17) is 5.10 Å². The van der Waals surface area contributed by atoms with E-state index < -0.39 is 0 Å². The molecule has 0 aromatic carbocycles. The van der Waals surface area contributed by atoms with Gasteiger partial charge >= 0.3 is 0 Å². The number of hydrogen-bond acceptors (Lipinski definition) is 8. The molecule has 1 saturated heterocycles. The number of amidine groups is 1. The SMILES string of the molecule is C=CCN1CN(CN2CCN(c3ncccn3)CC2)N=C1c1cccnc1. The molecule has 1 fully saturated rings. The van der Waals surface area contributed by atoms with E-state index in [0.29, 0.717) is 0 Å². The predicted octanol–water partition coefficient (Wildman–Crippen LogP) is 1.07. The molecule has 27 heavy (non-hydrogen) atoms. The summed E-state index contributed by atoms with van der Waals surface area (Å²) in [4.78, 5) is 19.8. The summed E-state index contributed by atoms with van der Waals surface area (Å²) in [5, 5.41) is 6.95. The normalized spacial score (nSPS) is 17.9.